The van der Waals surface area contributed by atoms with Crippen molar-refractivity contribution in [3.63, 3.8) is 0 Å². The normalized spacial score (nSPS) is 17.0. The fourth-order valence-corrected chi connectivity index (χ4v) is 4.25. The molecule has 1 saturated heterocycles. The highest BCUT2D eigenvalue weighted by molar-refractivity contribution is 6.46. The fourth-order valence-electron chi connectivity index (χ4n) is 4.25. The van der Waals surface area contributed by atoms with Crippen LogP contribution in [0.2, 0.25) is 0 Å². The van der Waals surface area contributed by atoms with Gasteiger partial charge in [0.15, 0.2) is 11.5 Å². The zero-order valence-electron chi connectivity index (χ0n) is 19.7. The third kappa shape index (κ3) is 4.75. The van der Waals surface area contributed by atoms with Crippen LogP contribution in [0.4, 0.5) is 4.39 Å². The van der Waals surface area contributed by atoms with Gasteiger partial charge >= 0.3 is 0 Å². The van der Waals surface area contributed by atoms with Crippen molar-refractivity contribution >= 4 is 17.4 Å². The molecule has 3 aromatic carbocycles. The predicted molar refractivity (Wildman–Crippen MR) is 130 cm³/mol. The molecule has 6 nitrogen and oxygen atoms in total. The lowest BCUT2D eigenvalue weighted by atomic mass is 9.95. The van der Waals surface area contributed by atoms with E-state index >= 15 is 0 Å². The number of rotatable bonds is 7. The van der Waals surface area contributed by atoms with Crippen LogP contribution in [0.25, 0.3) is 5.76 Å². The maximum absolute atomic E-state index is 13.7. The molecule has 4 rings (SSSR count). The van der Waals surface area contributed by atoms with Crippen LogP contribution in [-0.4, -0.2) is 42.5 Å². The van der Waals surface area contributed by atoms with E-state index in [-0.39, 0.29) is 17.9 Å². The molecule has 0 radical (unpaired) electrons. The van der Waals surface area contributed by atoms with Gasteiger partial charge in [-0.25, -0.2) is 4.39 Å². The van der Waals surface area contributed by atoms with Crippen LogP contribution in [0.1, 0.15) is 28.3 Å². The van der Waals surface area contributed by atoms with Crippen molar-refractivity contribution in [2.45, 2.75) is 19.4 Å². The van der Waals surface area contributed by atoms with Gasteiger partial charge in [0.2, 0.25) is 0 Å². The minimum Gasteiger partial charge on any atom is -0.507 e. The van der Waals surface area contributed by atoms with Gasteiger partial charge in [0, 0.05) is 12.1 Å². The molecule has 0 saturated carbocycles. The standard InChI is InChI=1S/C28H26FNO5/c1-17-4-7-20(8-5-17)26(31)24-25(19-9-11-21(29)12-10-19)30(28(33)27(24)32)15-14-18-6-13-22(34-2)23(16-18)35-3/h4-13,16,25,31H,14-15H2,1-3H3. The molecule has 0 aliphatic carbocycles. The van der Waals surface area contributed by atoms with Gasteiger partial charge in [-0.1, -0.05) is 48.0 Å². The number of ether oxygens (including phenoxy) is 2. The monoisotopic (exact) mass is 475 g/mol. The molecule has 1 heterocycles. The molecule has 0 bridgehead atoms. The van der Waals surface area contributed by atoms with Gasteiger partial charge in [-0.2, -0.15) is 0 Å². The molecule has 1 atom stereocenters. The molecule has 1 aliphatic heterocycles. The Hall–Kier alpha value is -4.13. The molecule has 1 N–H and O–H groups in total. The summed E-state index contributed by atoms with van der Waals surface area (Å²) in [5.41, 5.74) is 2.82. The molecule has 35 heavy (non-hydrogen) atoms. The minimum atomic E-state index is -0.850. The van der Waals surface area contributed by atoms with Gasteiger partial charge < -0.3 is 19.5 Å². The Morgan fingerprint density at radius 1 is 0.943 bits per heavy atom. The third-order valence-electron chi connectivity index (χ3n) is 6.14. The molecular formula is C28H26FNO5. The zero-order valence-corrected chi connectivity index (χ0v) is 19.7. The van der Waals surface area contributed by atoms with Crippen LogP contribution in [0, 0.1) is 12.7 Å². The maximum atomic E-state index is 13.7. The number of carbonyl (C=O) groups is 2. The number of aryl methyl sites for hydroxylation is 1. The number of ketones is 1. The van der Waals surface area contributed by atoms with Crippen LogP contribution >= 0.6 is 0 Å². The Morgan fingerprint density at radius 2 is 1.60 bits per heavy atom. The number of aliphatic hydroxyl groups is 1. The molecule has 1 amide bonds. The van der Waals surface area contributed by atoms with Crippen molar-refractivity contribution in [2.24, 2.45) is 0 Å². The Labute approximate surface area is 203 Å². The summed E-state index contributed by atoms with van der Waals surface area (Å²) < 4.78 is 24.3. The van der Waals surface area contributed by atoms with Crippen molar-refractivity contribution in [1.29, 1.82) is 0 Å². The van der Waals surface area contributed by atoms with E-state index in [4.69, 9.17) is 9.47 Å². The van der Waals surface area contributed by atoms with Crippen molar-refractivity contribution in [3.05, 3.63) is 100 Å². The first kappa shape index (κ1) is 24.0. The molecule has 0 spiro atoms. The van der Waals surface area contributed by atoms with Crippen LogP contribution in [0.15, 0.2) is 72.3 Å². The van der Waals surface area contributed by atoms with E-state index in [1.807, 2.05) is 31.2 Å². The third-order valence-corrected chi connectivity index (χ3v) is 6.14. The smallest absolute Gasteiger partial charge is 0.295 e. The fraction of sp³-hybridized carbons (Fsp3) is 0.214. The minimum absolute atomic E-state index is 0.0160. The van der Waals surface area contributed by atoms with E-state index in [1.165, 1.54) is 29.2 Å². The summed E-state index contributed by atoms with van der Waals surface area (Å²) in [6.07, 6.45) is 0.426. The molecular weight excluding hydrogens is 449 g/mol. The van der Waals surface area contributed by atoms with E-state index in [2.05, 4.69) is 0 Å². The Bertz CT molecular complexity index is 1280. The Balaban J connectivity index is 1.73. The van der Waals surface area contributed by atoms with Crippen molar-refractivity contribution in [1.82, 2.24) is 4.90 Å². The van der Waals surface area contributed by atoms with Gasteiger partial charge in [-0.05, 0) is 48.7 Å². The molecule has 0 aromatic heterocycles. The molecule has 7 heteroatoms. The molecule has 1 fully saturated rings. The van der Waals surface area contributed by atoms with E-state index < -0.39 is 23.5 Å². The topological polar surface area (TPSA) is 76.1 Å². The first-order chi connectivity index (χ1) is 16.8. The van der Waals surface area contributed by atoms with Crippen molar-refractivity contribution < 1.29 is 28.6 Å². The van der Waals surface area contributed by atoms with Crippen LogP contribution < -0.4 is 9.47 Å². The van der Waals surface area contributed by atoms with E-state index in [0.29, 0.717) is 29.0 Å². The number of hydrogen-bond donors (Lipinski definition) is 1. The lowest BCUT2D eigenvalue weighted by Crippen LogP contribution is -2.31. The predicted octanol–water partition coefficient (Wildman–Crippen LogP) is 4.82. The number of nitrogens with zero attached hydrogens (tertiary/aromatic N) is 1. The van der Waals surface area contributed by atoms with E-state index in [1.54, 1.807) is 32.4 Å². The maximum Gasteiger partial charge on any atom is 0.295 e. The number of halogens is 1. The highest BCUT2D eigenvalue weighted by atomic mass is 19.1. The number of likely N-dealkylation sites (tertiary alicyclic amines) is 1. The first-order valence-electron chi connectivity index (χ1n) is 11.2. The second-order valence-electron chi connectivity index (χ2n) is 8.35. The summed E-state index contributed by atoms with van der Waals surface area (Å²) in [5, 5.41) is 11.1. The number of aliphatic hydroxyl groups excluding tert-OH is 1. The largest absolute Gasteiger partial charge is 0.507 e. The SMILES string of the molecule is COc1ccc(CCN2C(=O)C(=O)C(=C(O)c3ccc(C)cc3)C2c2ccc(F)cc2)cc1OC. The van der Waals surface area contributed by atoms with Crippen LogP contribution in [0.3, 0.4) is 0 Å². The molecule has 1 unspecified atom stereocenters. The van der Waals surface area contributed by atoms with Crippen LogP contribution in [-0.2, 0) is 16.0 Å². The average molecular weight is 476 g/mol. The number of carbonyl (C=O) groups excluding carboxylic acids is 2. The summed E-state index contributed by atoms with van der Waals surface area (Å²) >= 11 is 0. The van der Waals surface area contributed by atoms with Crippen molar-refractivity contribution in [3.8, 4) is 11.5 Å². The molecule has 180 valence electrons. The average Bonchev–Trinajstić information content (AvgIpc) is 3.12. The Morgan fingerprint density at radius 3 is 2.23 bits per heavy atom. The quantitative estimate of drug-likeness (QED) is 0.301. The summed E-state index contributed by atoms with van der Waals surface area (Å²) in [4.78, 5) is 27.7. The van der Waals surface area contributed by atoms with Gasteiger partial charge in [0.05, 0.1) is 25.8 Å². The van der Waals surface area contributed by atoms with Crippen LogP contribution in [0.5, 0.6) is 11.5 Å². The number of benzene rings is 3. The second kappa shape index (κ2) is 10.0. The highest BCUT2D eigenvalue weighted by Gasteiger charge is 2.45. The number of methoxy groups -OCH3 is 2. The van der Waals surface area contributed by atoms with Gasteiger partial charge in [-0.3, -0.25) is 9.59 Å². The number of hydrogen-bond acceptors (Lipinski definition) is 5. The van der Waals surface area contributed by atoms with Gasteiger partial charge in [-0.15, -0.1) is 0 Å². The summed E-state index contributed by atoms with van der Waals surface area (Å²) in [5.74, 6) is -1.04. The van der Waals surface area contributed by atoms with Gasteiger partial charge in [0.1, 0.15) is 11.6 Å². The summed E-state index contributed by atoms with van der Waals surface area (Å²) in [6.45, 7) is 2.11. The number of amides is 1. The number of Topliss-reactive ketones (excluding diaryl/α,β-unsaturated/α-hetero) is 1. The highest BCUT2D eigenvalue weighted by Crippen LogP contribution is 2.39. The van der Waals surface area contributed by atoms with E-state index in [9.17, 15) is 19.1 Å². The Kier molecular flexibility index (Phi) is 6.87. The van der Waals surface area contributed by atoms with Crippen molar-refractivity contribution in [2.75, 3.05) is 20.8 Å². The van der Waals surface area contributed by atoms with Gasteiger partial charge in [0.25, 0.3) is 11.7 Å². The molecule has 1 aliphatic rings. The lowest BCUT2D eigenvalue weighted by Gasteiger charge is -2.25. The lowest BCUT2D eigenvalue weighted by molar-refractivity contribution is -0.139. The molecule has 3 aromatic rings. The second-order valence-corrected chi connectivity index (χ2v) is 8.35. The zero-order chi connectivity index (χ0) is 25.1. The van der Waals surface area contributed by atoms with E-state index in [0.717, 1.165) is 11.1 Å². The summed E-state index contributed by atoms with van der Waals surface area (Å²) in [7, 11) is 3.09. The first-order valence-corrected chi connectivity index (χ1v) is 11.2. The summed E-state index contributed by atoms with van der Waals surface area (Å²) in [6, 6.07) is 17.2.